The van der Waals surface area contributed by atoms with E-state index in [4.69, 9.17) is 40.2 Å². The van der Waals surface area contributed by atoms with E-state index in [0.717, 1.165) is 5.56 Å². The maximum absolute atomic E-state index is 13.1. The molecule has 4 rings (SSSR count). The average molecular weight is 483 g/mol. The van der Waals surface area contributed by atoms with Crippen LogP contribution in [-0.2, 0) is 11.4 Å². The van der Waals surface area contributed by atoms with Gasteiger partial charge < -0.3 is 9.64 Å². The summed E-state index contributed by atoms with van der Waals surface area (Å²) in [5.74, 6) is 0.194. The molecule has 7 heteroatoms. The molecule has 4 nitrogen and oxygen atoms in total. The van der Waals surface area contributed by atoms with Gasteiger partial charge in [-0.15, -0.1) is 0 Å². The summed E-state index contributed by atoms with van der Waals surface area (Å²) in [6.45, 7) is 2.38. The third kappa shape index (κ3) is 4.51. The van der Waals surface area contributed by atoms with Crippen LogP contribution in [0.4, 0.5) is 5.69 Å². The number of amides is 1. The lowest BCUT2D eigenvalue weighted by Crippen LogP contribution is -2.30. The van der Waals surface area contributed by atoms with Crippen molar-refractivity contribution in [1.29, 1.82) is 0 Å². The molecule has 1 fully saturated rings. The van der Waals surface area contributed by atoms with Gasteiger partial charge in [-0.3, -0.25) is 9.69 Å². The molecular weight excluding hydrogens is 463 g/mol. The zero-order valence-electron chi connectivity index (χ0n) is 17.5. The highest BCUT2D eigenvalue weighted by Gasteiger charge is 2.36. The first kappa shape index (κ1) is 22.3. The molecule has 0 bridgehead atoms. The van der Waals surface area contributed by atoms with Gasteiger partial charge in [0.1, 0.15) is 12.3 Å². The Labute approximate surface area is 202 Å². The van der Waals surface area contributed by atoms with Crippen LogP contribution >= 0.6 is 35.4 Å². The van der Waals surface area contributed by atoms with Gasteiger partial charge in [-0.25, -0.2) is 0 Å². The summed E-state index contributed by atoms with van der Waals surface area (Å²) >= 11 is 18.4. The average Bonchev–Trinajstić information content (AvgIpc) is 2.98. The van der Waals surface area contributed by atoms with Crippen molar-refractivity contribution < 1.29 is 9.53 Å². The van der Waals surface area contributed by atoms with Crippen molar-refractivity contribution in [2.24, 2.45) is 0 Å². The molecule has 162 valence electrons. The first-order chi connectivity index (χ1) is 15.3. The van der Waals surface area contributed by atoms with Crippen molar-refractivity contribution in [1.82, 2.24) is 4.90 Å². The number of rotatable bonds is 5. The number of para-hydroxylation sites is 1. The van der Waals surface area contributed by atoms with E-state index in [1.54, 1.807) is 30.2 Å². The SMILES string of the molecule is Cc1ccc(COc2c(Cl)cc(/C=C3/C(=O)N(c4ccccc4)C(=S)N3C)cc2Cl)cc1. The van der Waals surface area contributed by atoms with Crippen LogP contribution in [0.1, 0.15) is 16.7 Å². The van der Waals surface area contributed by atoms with Crippen LogP contribution < -0.4 is 9.64 Å². The second-order valence-corrected chi connectivity index (χ2v) is 8.61. The molecule has 1 saturated heterocycles. The molecule has 32 heavy (non-hydrogen) atoms. The Morgan fingerprint density at radius 3 is 2.25 bits per heavy atom. The maximum Gasteiger partial charge on any atom is 0.281 e. The number of aryl methyl sites for hydroxylation is 1. The summed E-state index contributed by atoms with van der Waals surface area (Å²) in [6.07, 6.45) is 1.72. The fraction of sp³-hybridized carbons (Fsp3) is 0.120. The molecule has 3 aromatic carbocycles. The van der Waals surface area contributed by atoms with Crippen LogP contribution in [0.3, 0.4) is 0 Å². The number of carbonyl (C=O) groups excluding carboxylic acids is 1. The number of hydrogen-bond acceptors (Lipinski definition) is 3. The first-order valence-corrected chi connectivity index (χ1v) is 11.1. The van der Waals surface area contributed by atoms with Gasteiger partial charge in [0.2, 0.25) is 0 Å². The second kappa shape index (κ2) is 9.33. The molecule has 0 radical (unpaired) electrons. The number of ether oxygens (including phenoxy) is 1. The van der Waals surface area contributed by atoms with Gasteiger partial charge >= 0.3 is 0 Å². The van der Waals surface area contributed by atoms with Crippen molar-refractivity contribution in [2.75, 3.05) is 11.9 Å². The minimum absolute atomic E-state index is 0.212. The Morgan fingerprint density at radius 2 is 1.62 bits per heavy atom. The smallest absolute Gasteiger partial charge is 0.281 e. The first-order valence-electron chi connectivity index (χ1n) is 9.91. The van der Waals surface area contributed by atoms with Crippen LogP contribution in [0.15, 0.2) is 72.4 Å². The molecule has 0 aliphatic carbocycles. The van der Waals surface area contributed by atoms with Crippen LogP contribution in [0, 0.1) is 6.92 Å². The third-order valence-electron chi connectivity index (χ3n) is 5.10. The predicted octanol–water partition coefficient (Wildman–Crippen LogP) is 6.49. The Kier molecular flexibility index (Phi) is 6.51. The summed E-state index contributed by atoms with van der Waals surface area (Å²) in [5.41, 5.74) is 4.02. The topological polar surface area (TPSA) is 32.8 Å². The zero-order chi connectivity index (χ0) is 22.8. The van der Waals surface area contributed by atoms with Crippen molar-refractivity contribution in [3.8, 4) is 5.75 Å². The minimum Gasteiger partial charge on any atom is -0.486 e. The highest BCUT2D eigenvalue weighted by Crippen LogP contribution is 2.36. The van der Waals surface area contributed by atoms with Gasteiger partial charge in [0, 0.05) is 7.05 Å². The van der Waals surface area contributed by atoms with Crippen LogP contribution in [0.25, 0.3) is 6.08 Å². The summed E-state index contributed by atoms with van der Waals surface area (Å²) in [5, 5.41) is 1.14. The van der Waals surface area contributed by atoms with E-state index < -0.39 is 0 Å². The standard InChI is InChI=1S/C25H20Cl2N2O2S/c1-16-8-10-17(11-9-16)15-31-23-20(26)12-18(13-21(23)27)14-22-24(30)29(25(32)28(22)2)19-6-4-3-5-7-19/h3-14H,15H2,1-2H3/b22-14-. The molecule has 1 heterocycles. The number of halogens is 2. The molecule has 1 aliphatic heterocycles. The van der Waals surface area contributed by atoms with Crippen LogP contribution in [-0.4, -0.2) is 23.0 Å². The Balaban J connectivity index is 1.58. The lowest BCUT2D eigenvalue weighted by molar-refractivity contribution is -0.114. The van der Waals surface area contributed by atoms with Crippen molar-refractivity contribution >= 4 is 58.2 Å². The molecule has 1 aliphatic rings. The summed E-state index contributed by atoms with van der Waals surface area (Å²) in [6, 6.07) is 20.8. The fourth-order valence-electron chi connectivity index (χ4n) is 3.36. The Hall–Kier alpha value is -2.86. The number of anilines is 1. The summed E-state index contributed by atoms with van der Waals surface area (Å²) < 4.78 is 5.86. The molecule has 0 unspecified atom stereocenters. The van der Waals surface area contributed by atoms with E-state index in [0.29, 0.717) is 44.5 Å². The molecule has 1 amide bonds. The molecular formula is C25H20Cl2N2O2S. The van der Waals surface area contributed by atoms with Gasteiger partial charge in [0.15, 0.2) is 10.9 Å². The molecule has 0 N–H and O–H groups in total. The largest absolute Gasteiger partial charge is 0.486 e. The van der Waals surface area contributed by atoms with Crippen molar-refractivity contribution in [3.63, 3.8) is 0 Å². The van der Waals surface area contributed by atoms with E-state index in [2.05, 4.69) is 0 Å². The monoisotopic (exact) mass is 482 g/mol. The second-order valence-electron chi connectivity index (χ2n) is 7.44. The summed E-state index contributed by atoms with van der Waals surface area (Å²) in [4.78, 5) is 16.3. The van der Waals surface area contributed by atoms with E-state index >= 15 is 0 Å². The number of nitrogens with zero attached hydrogens (tertiary/aromatic N) is 2. The van der Waals surface area contributed by atoms with Crippen LogP contribution in [0.5, 0.6) is 5.75 Å². The van der Waals surface area contributed by atoms with Gasteiger partial charge in [0.25, 0.3) is 5.91 Å². The quantitative estimate of drug-likeness (QED) is 0.307. The number of thiocarbonyl (C=S) groups is 1. The normalized spacial score (nSPS) is 15.1. The van der Waals surface area contributed by atoms with Gasteiger partial charge in [-0.05, 0) is 60.6 Å². The summed E-state index contributed by atoms with van der Waals surface area (Å²) in [7, 11) is 1.76. The molecule has 3 aromatic rings. The van der Waals surface area contributed by atoms with Crippen LogP contribution in [0.2, 0.25) is 10.0 Å². The number of hydrogen-bond donors (Lipinski definition) is 0. The predicted molar refractivity (Wildman–Crippen MR) is 134 cm³/mol. The minimum atomic E-state index is -0.212. The van der Waals surface area contributed by atoms with Gasteiger partial charge in [-0.1, -0.05) is 71.2 Å². The van der Waals surface area contributed by atoms with Crippen molar-refractivity contribution in [3.05, 3.63) is 99.2 Å². The van der Waals surface area contributed by atoms with E-state index in [1.807, 2.05) is 61.5 Å². The van der Waals surface area contributed by atoms with E-state index in [9.17, 15) is 4.79 Å². The van der Waals surface area contributed by atoms with E-state index in [1.165, 1.54) is 10.5 Å². The Bertz CT molecular complexity index is 1190. The molecule has 0 aromatic heterocycles. The lowest BCUT2D eigenvalue weighted by Gasteiger charge is -2.16. The van der Waals surface area contributed by atoms with Gasteiger partial charge in [-0.2, -0.15) is 0 Å². The Morgan fingerprint density at radius 1 is 1.00 bits per heavy atom. The fourth-order valence-corrected chi connectivity index (χ4v) is 4.26. The highest BCUT2D eigenvalue weighted by molar-refractivity contribution is 7.80. The van der Waals surface area contributed by atoms with Gasteiger partial charge in [0.05, 0.1) is 15.7 Å². The van der Waals surface area contributed by atoms with Crippen molar-refractivity contribution in [2.45, 2.75) is 13.5 Å². The number of carbonyl (C=O) groups is 1. The molecule has 0 spiro atoms. The number of likely N-dealkylation sites (N-methyl/N-ethyl adjacent to an activating group) is 1. The zero-order valence-corrected chi connectivity index (χ0v) is 19.8. The number of benzene rings is 3. The highest BCUT2D eigenvalue weighted by atomic mass is 35.5. The maximum atomic E-state index is 13.1. The lowest BCUT2D eigenvalue weighted by atomic mass is 10.1. The molecule has 0 atom stereocenters. The molecule has 0 saturated carbocycles. The third-order valence-corrected chi connectivity index (χ3v) is 6.12. The van der Waals surface area contributed by atoms with E-state index in [-0.39, 0.29) is 5.91 Å².